The van der Waals surface area contributed by atoms with Crippen LogP contribution in [0, 0.1) is 25.7 Å². The zero-order chi connectivity index (χ0) is 20.5. The predicted molar refractivity (Wildman–Crippen MR) is 110 cm³/mol. The zero-order valence-electron chi connectivity index (χ0n) is 17.7. The molecule has 5 heteroatoms. The lowest BCUT2D eigenvalue weighted by Crippen LogP contribution is -2.49. The lowest BCUT2D eigenvalue weighted by atomic mass is 9.76. The number of hydrogen-bond donors (Lipinski definition) is 0. The molecule has 2 unspecified atom stereocenters. The molecule has 0 aliphatic carbocycles. The predicted octanol–water partition coefficient (Wildman–Crippen LogP) is 2.98. The minimum atomic E-state index is -0.631. The third-order valence-corrected chi connectivity index (χ3v) is 7.62. The van der Waals surface area contributed by atoms with Crippen molar-refractivity contribution >= 4 is 11.8 Å². The Labute approximate surface area is 172 Å². The van der Waals surface area contributed by atoms with E-state index in [1.807, 2.05) is 22.0 Å². The molecule has 1 aromatic rings. The molecule has 3 fully saturated rings. The van der Waals surface area contributed by atoms with Crippen LogP contribution in [0.2, 0.25) is 0 Å². The lowest BCUT2D eigenvalue weighted by molar-refractivity contribution is -0.145. The molecule has 4 aliphatic rings. The van der Waals surface area contributed by atoms with Gasteiger partial charge in [0.05, 0.1) is 24.5 Å². The van der Waals surface area contributed by atoms with Crippen LogP contribution >= 0.6 is 0 Å². The molecule has 2 bridgehead atoms. The summed E-state index contributed by atoms with van der Waals surface area (Å²) in [6.07, 6.45) is 5.85. The molecule has 154 valence electrons. The summed E-state index contributed by atoms with van der Waals surface area (Å²) < 4.78 is 6.31. The molecular weight excluding hydrogens is 364 g/mol. The normalized spacial score (nSPS) is 37.7. The molecule has 0 aromatic heterocycles. The highest BCUT2D eigenvalue weighted by Gasteiger charge is 2.67. The zero-order valence-corrected chi connectivity index (χ0v) is 17.7. The van der Waals surface area contributed by atoms with Gasteiger partial charge in [-0.1, -0.05) is 30.4 Å². The van der Waals surface area contributed by atoms with Crippen molar-refractivity contribution < 1.29 is 14.3 Å². The summed E-state index contributed by atoms with van der Waals surface area (Å²) in [7, 11) is 0. The molecule has 4 aliphatic heterocycles. The first-order valence-corrected chi connectivity index (χ1v) is 10.8. The molecule has 29 heavy (non-hydrogen) atoms. The van der Waals surface area contributed by atoms with Gasteiger partial charge in [0.25, 0.3) is 0 Å². The Morgan fingerprint density at radius 1 is 1.17 bits per heavy atom. The molecule has 1 aromatic carbocycles. The van der Waals surface area contributed by atoms with Crippen LogP contribution in [0.3, 0.4) is 0 Å². The van der Waals surface area contributed by atoms with E-state index in [2.05, 4.69) is 45.9 Å². The van der Waals surface area contributed by atoms with E-state index in [0.717, 1.165) is 18.4 Å². The maximum Gasteiger partial charge on any atom is 0.230 e. The van der Waals surface area contributed by atoms with Crippen molar-refractivity contribution in [2.75, 3.05) is 6.54 Å². The minimum Gasteiger partial charge on any atom is -0.360 e. The molecule has 5 rings (SSSR count). The number of amides is 2. The SMILES string of the molecule is Cc1ccc(CN2C[C@]34C=C[C@H](O3)C(C(=O)N3[C@H](C)CC[C@@H]3C)C4C2=O)cc1C. The first-order valence-electron chi connectivity index (χ1n) is 10.8. The highest BCUT2D eigenvalue weighted by Crippen LogP contribution is 2.53. The Kier molecular flexibility index (Phi) is 4.18. The van der Waals surface area contributed by atoms with Gasteiger partial charge in [-0.05, 0) is 57.2 Å². The van der Waals surface area contributed by atoms with Crippen molar-refractivity contribution in [3.05, 3.63) is 47.0 Å². The number of nitrogens with zero attached hydrogens (tertiary/aromatic N) is 2. The molecular formula is C24H30N2O3. The number of rotatable bonds is 3. The average molecular weight is 395 g/mol. The Morgan fingerprint density at radius 3 is 2.59 bits per heavy atom. The van der Waals surface area contributed by atoms with Crippen LogP contribution < -0.4 is 0 Å². The largest absolute Gasteiger partial charge is 0.360 e. The fraction of sp³-hybridized carbons (Fsp3) is 0.583. The van der Waals surface area contributed by atoms with E-state index in [1.165, 1.54) is 11.1 Å². The first-order chi connectivity index (χ1) is 13.8. The number of benzene rings is 1. The van der Waals surface area contributed by atoms with E-state index >= 15 is 0 Å². The smallest absolute Gasteiger partial charge is 0.230 e. The van der Waals surface area contributed by atoms with Crippen LogP contribution in [0.5, 0.6) is 0 Å². The van der Waals surface area contributed by atoms with Crippen molar-refractivity contribution in [1.82, 2.24) is 9.80 Å². The maximum absolute atomic E-state index is 13.5. The van der Waals surface area contributed by atoms with Crippen LogP contribution in [0.4, 0.5) is 0 Å². The Morgan fingerprint density at radius 2 is 1.90 bits per heavy atom. The summed E-state index contributed by atoms with van der Waals surface area (Å²) in [5, 5.41) is 0. The number of likely N-dealkylation sites (tertiary alicyclic amines) is 2. The van der Waals surface area contributed by atoms with Crippen LogP contribution in [-0.2, 0) is 20.9 Å². The van der Waals surface area contributed by atoms with Crippen molar-refractivity contribution in [2.24, 2.45) is 11.8 Å². The molecule has 0 N–H and O–H groups in total. The second-order valence-corrected chi connectivity index (χ2v) is 9.53. The van der Waals surface area contributed by atoms with E-state index in [4.69, 9.17) is 4.74 Å². The second-order valence-electron chi connectivity index (χ2n) is 9.53. The van der Waals surface area contributed by atoms with E-state index in [9.17, 15) is 9.59 Å². The van der Waals surface area contributed by atoms with Crippen LogP contribution in [-0.4, -0.2) is 51.9 Å². The molecule has 3 saturated heterocycles. The van der Waals surface area contributed by atoms with Crippen LogP contribution in [0.15, 0.2) is 30.4 Å². The monoisotopic (exact) mass is 394 g/mol. The molecule has 1 spiro atoms. The van der Waals surface area contributed by atoms with Crippen LogP contribution in [0.1, 0.15) is 43.4 Å². The van der Waals surface area contributed by atoms with Crippen molar-refractivity contribution in [3.63, 3.8) is 0 Å². The van der Waals surface area contributed by atoms with E-state index in [1.54, 1.807) is 0 Å². The molecule has 4 heterocycles. The molecule has 0 radical (unpaired) electrons. The van der Waals surface area contributed by atoms with Gasteiger partial charge in [-0.3, -0.25) is 9.59 Å². The van der Waals surface area contributed by atoms with Gasteiger partial charge in [0.15, 0.2) is 0 Å². The van der Waals surface area contributed by atoms with Gasteiger partial charge in [-0.2, -0.15) is 0 Å². The van der Waals surface area contributed by atoms with Gasteiger partial charge >= 0.3 is 0 Å². The lowest BCUT2D eigenvalue weighted by Gasteiger charge is -2.32. The molecule has 2 amide bonds. The quantitative estimate of drug-likeness (QED) is 0.741. The van der Waals surface area contributed by atoms with Gasteiger partial charge in [0.1, 0.15) is 5.60 Å². The van der Waals surface area contributed by atoms with Crippen molar-refractivity contribution in [3.8, 4) is 0 Å². The molecule has 5 nitrogen and oxygen atoms in total. The topological polar surface area (TPSA) is 49.9 Å². The maximum atomic E-state index is 13.5. The highest BCUT2D eigenvalue weighted by molar-refractivity contribution is 5.93. The van der Waals surface area contributed by atoms with Crippen molar-refractivity contribution in [2.45, 2.75) is 70.9 Å². The second kappa shape index (κ2) is 6.43. The Balaban J connectivity index is 1.41. The fourth-order valence-corrected chi connectivity index (χ4v) is 5.92. The van der Waals surface area contributed by atoms with Gasteiger partial charge in [0, 0.05) is 18.6 Å². The number of ether oxygens (including phenoxy) is 1. The van der Waals surface area contributed by atoms with Crippen LogP contribution in [0.25, 0.3) is 0 Å². The third kappa shape index (κ3) is 2.70. The van der Waals surface area contributed by atoms with E-state index < -0.39 is 11.5 Å². The summed E-state index contributed by atoms with van der Waals surface area (Å²) in [4.78, 5) is 30.9. The summed E-state index contributed by atoms with van der Waals surface area (Å²) in [5.41, 5.74) is 2.98. The third-order valence-electron chi connectivity index (χ3n) is 7.62. The standard InChI is InChI=1S/C24H30N2O3/c1-14-5-8-18(11-15(14)2)12-25-13-24-10-9-19(29-24)20(21(24)23(25)28)22(27)26-16(3)6-7-17(26)4/h5,8-11,16-17,19-21H,6-7,12-13H2,1-4H3/t16-,17+,19-,20?,21?,24-/m0/s1. The van der Waals surface area contributed by atoms with Crippen molar-refractivity contribution in [1.29, 1.82) is 0 Å². The summed E-state index contributed by atoms with van der Waals surface area (Å²) in [5.74, 6) is -0.616. The summed E-state index contributed by atoms with van der Waals surface area (Å²) >= 11 is 0. The fourth-order valence-electron chi connectivity index (χ4n) is 5.92. The van der Waals surface area contributed by atoms with Gasteiger partial charge in [-0.25, -0.2) is 0 Å². The van der Waals surface area contributed by atoms with Gasteiger partial charge < -0.3 is 14.5 Å². The molecule has 0 saturated carbocycles. The minimum absolute atomic E-state index is 0.0629. The number of carbonyl (C=O) groups is 2. The first kappa shape index (κ1) is 18.9. The summed E-state index contributed by atoms with van der Waals surface area (Å²) in [6, 6.07) is 6.82. The van der Waals surface area contributed by atoms with E-state index in [0.29, 0.717) is 13.1 Å². The number of hydrogen-bond acceptors (Lipinski definition) is 3. The Hall–Kier alpha value is -2.14. The summed E-state index contributed by atoms with van der Waals surface area (Å²) in [6.45, 7) is 9.52. The highest BCUT2D eigenvalue weighted by atomic mass is 16.5. The average Bonchev–Trinajstić information content (AvgIpc) is 3.39. The number of carbonyl (C=O) groups excluding carboxylic acids is 2. The van der Waals surface area contributed by atoms with E-state index in [-0.39, 0.29) is 35.9 Å². The van der Waals surface area contributed by atoms with Gasteiger partial charge in [0.2, 0.25) is 11.8 Å². The Bertz CT molecular complexity index is 899. The number of fused-ring (bicyclic) bond motifs is 1. The number of aryl methyl sites for hydroxylation is 2. The molecule has 6 atom stereocenters. The van der Waals surface area contributed by atoms with Gasteiger partial charge in [-0.15, -0.1) is 0 Å².